The molecule has 24 heavy (non-hydrogen) atoms. The minimum atomic E-state index is -0.250. The predicted octanol–water partition coefficient (Wildman–Crippen LogP) is 1.35. The monoisotopic (exact) mass is 334 g/mol. The van der Waals surface area contributed by atoms with E-state index < -0.39 is 0 Å². The molecule has 0 radical (unpaired) electrons. The van der Waals surface area contributed by atoms with Gasteiger partial charge in [-0.05, 0) is 44.0 Å². The van der Waals surface area contributed by atoms with Crippen molar-refractivity contribution in [2.45, 2.75) is 19.4 Å². The summed E-state index contributed by atoms with van der Waals surface area (Å²) in [7, 11) is 0. The third-order valence-electron chi connectivity index (χ3n) is 3.99. The van der Waals surface area contributed by atoms with Crippen LogP contribution in [0.1, 0.15) is 28.9 Å². The third-order valence-corrected chi connectivity index (χ3v) is 3.99. The Labute approximate surface area is 139 Å². The van der Waals surface area contributed by atoms with Crippen molar-refractivity contribution in [2.75, 3.05) is 19.6 Å². The number of piperidine rings is 1. The Morgan fingerprint density at radius 3 is 2.79 bits per heavy atom. The van der Waals surface area contributed by atoms with E-state index in [0.717, 1.165) is 44.7 Å². The van der Waals surface area contributed by atoms with Crippen LogP contribution in [0, 0.1) is 5.92 Å². The first-order chi connectivity index (χ1) is 11.7. The fourth-order valence-electron chi connectivity index (χ4n) is 2.70. The number of hydrogen-bond acceptors (Lipinski definition) is 5. The molecule has 1 fully saturated rings. The number of carbonyl (C=O) groups excluding carboxylic acids is 1. The Hall–Kier alpha value is -2.61. The number of nitrogens with one attached hydrogen (secondary N) is 2. The normalized spacial score (nSPS) is 15.3. The molecule has 0 atom stereocenters. The van der Waals surface area contributed by atoms with Crippen LogP contribution in [-0.4, -0.2) is 52.2 Å². The van der Waals surface area contributed by atoms with Crippen molar-refractivity contribution in [3.63, 3.8) is 0 Å². The summed E-state index contributed by atoms with van der Waals surface area (Å²) in [5, 5.41) is 16.8. The van der Waals surface area contributed by atoms with E-state index >= 15 is 0 Å². The second-order valence-corrected chi connectivity index (χ2v) is 5.63. The third kappa shape index (κ3) is 5.54. The molecule has 0 aromatic carbocycles. The lowest BCUT2D eigenvalue weighted by Crippen LogP contribution is -2.38. The second-order valence-electron chi connectivity index (χ2n) is 5.63. The van der Waals surface area contributed by atoms with E-state index in [2.05, 4.69) is 20.4 Å². The van der Waals surface area contributed by atoms with Crippen LogP contribution >= 0.6 is 0 Å². The summed E-state index contributed by atoms with van der Waals surface area (Å²) in [6.07, 6.45) is 7.00. The van der Waals surface area contributed by atoms with Crippen LogP contribution in [0.3, 0.4) is 0 Å². The number of carbonyl (C=O) groups is 2. The summed E-state index contributed by atoms with van der Waals surface area (Å²) in [5.74, 6) is 0.502. The molecular formula is C16H22N4O4. The van der Waals surface area contributed by atoms with Crippen molar-refractivity contribution in [1.29, 1.82) is 0 Å². The number of hydrogen-bond donors (Lipinski definition) is 3. The van der Waals surface area contributed by atoms with Gasteiger partial charge in [-0.3, -0.25) is 19.6 Å². The molecule has 0 bridgehead atoms. The molecule has 0 spiro atoms. The number of aromatic amines is 1. The Morgan fingerprint density at radius 2 is 2.21 bits per heavy atom. The first-order valence-electron chi connectivity index (χ1n) is 7.81. The Kier molecular flexibility index (Phi) is 7.03. The Morgan fingerprint density at radius 1 is 1.46 bits per heavy atom. The molecule has 0 unspecified atom stereocenters. The Bertz CT molecular complexity index is 590. The number of furan rings is 1. The average Bonchev–Trinajstić information content (AvgIpc) is 3.28. The summed E-state index contributed by atoms with van der Waals surface area (Å²) in [5.41, 5.74) is 1.74. The lowest BCUT2D eigenvalue weighted by molar-refractivity contribution is -0.122. The average molecular weight is 334 g/mol. The fourth-order valence-corrected chi connectivity index (χ4v) is 2.70. The summed E-state index contributed by atoms with van der Waals surface area (Å²) in [4.78, 5) is 22.6. The van der Waals surface area contributed by atoms with E-state index in [4.69, 9.17) is 14.3 Å². The lowest BCUT2D eigenvalue weighted by Gasteiger charge is -2.31. The molecule has 8 heteroatoms. The minimum Gasteiger partial charge on any atom is -0.483 e. The van der Waals surface area contributed by atoms with Gasteiger partial charge >= 0.3 is 0 Å². The highest BCUT2D eigenvalue weighted by atomic mass is 16.3. The molecule has 3 rings (SSSR count). The summed E-state index contributed by atoms with van der Waals surface area (Å²) in [6.45, 7) is 3.53. The standard InChI is InChI=1S/C15H20N4O2.CH2O2/c20-15(13-4-8-21-11-13)16-9-12-2-6-19(7-3-12)10-14-1-5-17-18-14;2-1-3/h1,4-5,8,11-12H,2-3,6-7,9-10H2,(H,16,20)(H,17,18);1H,(H,2,3). The molecule has 2 aromatic rings. The highest BCUT2D eigenvalue weighted by Gasteiger charge is 2.20. The van der Waals surface area contributed by atoms with Gasteiger partial charge in [-0.25, -0.2) is 0 Å². The van der Waals surface area contributed by atoms with Crippen molar-refractivity contribution in [3.05, 3.63) is 42.1 Å². The molecule has 1 aliphatic heterocycles. The van der Waals surface area contributed by atoms with Gasteiger partial charge in [0.2, 0.25) is 0 Å². The molecule has 3 heterocycles. The van der Waals surface area contributed by atoms with Gasteiger partial charge in [-0.2, -0.15) is 5.10 Å². The molecule has 1 amide bonds. The quantitative estimate of drug-likeness (QED) is 0.712. The fraction of sp³-hybridized carbons (Fsp3) is 0.438. The molecule has 8 nitrogen and oxygen atoms in total. The topological polar surface area (TPSA) is 111 Å². The molecule has 0 saturated carbocycles. The van der Waals surface area contributed by atoms with Crippen LogP contribution < -0.4 is 5.32 Å². The van der Waals surface area contributed by atoms with Crippen LogP contribution in [0.2, 0.25) is 0 Å². The van der Waals surface area contributed by atoms with Crippen LogP contribution in [0.4, 0.5) is 0 Å². The first-order valence-corrected chi connectivity index (χ1v) is 7.81. The highest BCUT2D eigenvalue weighted by Crippen LogP contribution is 2.18. The van der Waals surface area contributed by atoms with Crippen molar-refractivity contribution in [3.8, 4) is 0 Å². The van der Waals surface area contributed by atoms with Gasteiger partial charge in [0.25, 0.3) is 12.4 Å². The number of rotatable bonds is 5. The number of aromatic nitrogens is 2. The van der Waals surface area contributed by atoms with Crippen molar-refractivity contribution in [1.82, 2.24) is 20.4 Å². The van der Waals surface area contributed by atoms with Gasteiger partial charge in [0, 0.05) is 25.0 Å². The van der Waals surface area contributed by atoms with Gasteiger partial charge in [-0.15, -0.1) is 0 Å². The molecule has 3 N–H and O–H groups in total. The maximum absolute atomic E-state index is 11.8. The second kappa shape index (κ2) is 9.51. The molecular weight excluding hydrogens is 312 g/mol. The van der Waals surface area contributed by atoms with Crippen LogP contribution in [0.15, 0.2) is 35.3 Å². The van der Waals surface area contributed by atoms with Gasteiger partial charge < -0.3 is 14.8 Å². The van der Waals surface area contributed by atoms with Gasteiger partial charge in [0.1, 0.15) is 6.26 Å². The van der Waals surface area contributed by atoms with E-state index in [1.54, 1.807) is 12.3 Å². The first kappa shape index (κ1) is 17.7. The largest absolute Gasteiger partial charge is 0.483 e. The zero-order chi connectivity index (χ0) is 17.2. The van der Waals surface area contributed by atoms with E-state index in [0.29, 0.717) is 11.5 Å². The van der Waals surface area contributed by atoms with Gasteiger partial charge in [0.05, 0.1) is 11.8 Å². The number of likely N-dealkylation sites (tertiary alicyclic amines) is 1. The molecule has 2 aromatic heterocycles. The number of carboxylic acid groups (broad SMARTS) is 1. The van der Waals surface area contributed by atoms with Gasteiger partial charge in [0.15, 0.2) is 0 Å². The SMILES string of the molecule is O=C(NCC1CCN(Cc2ccn[nH]2)CC1)c1ccoc1.O=CO. The zero-order valence-electron chi connectivity index (χ0n) is 13.4. The molecule has 130 valence electrons. The summed E-state index contributed by atoms with van der Waals surface area (Å²) in [6, 6.07) is 3.69. The van der Waals surface area contributed by atoms with E-state index in [-0.39, 0.29) is 12.4 Å². The number of nitrogens with zero attached hydrogens (tertiary/aromatic N) is 2. The lowest BCUT2D eigenvalue weighted by atomic mass is 9.96. The predicted molar refractivity (Wildman–Crippen MR) is 86.3 cm³/mol. The smallest absolute Gasteiger partial charge is 0.290 e. The van der Waals surface area contributed by atoms with Crippen molar-refractivity contribution >= 4 is 12.4 Å². The number of H-pyrrole nitrogens is 1. The van der Waals surface area contributed by atoms with Crippen LogP contribution in [0.5, 0.6) is 0 Å². The van der Waals surface area contributed by atoms with Crippen molar-refractivity contribution < 1.29 is 19.1 Å². The summed E-state index contributed by atoms with van der Waals surface area (Å²) < 4.78 is 4.92. The van der Waals surface area contributed by atoms with E-state index in [9.17, 15) is 4.79 Å². The zero-order valence-corrected chi connectivity index (χ0v) is 13.4. The maximum Gasteiger partial charge on any atom is 0.290 e. The highest BCUT2D eigenvalue weighted by molar-refractivity contribution is 5.93. The van der Waals surface area contributed by atoms with E-state index in [1.807, 2.05) is 6.07 Å². The molecule has 0 aliphatic carbocycles. The van der Waals surface area contributed by atoms with Gasteiger partial charge in [-0.1, -0.05) is 0 Å². The van der Waals surface area contributed by atoms with Crippen LogP contribution in [-0.2, 0) is 11.3 Å². The maximum atomic E-state index is 11.8. The number of amides is 1. The minimum absolute atomic E-state index is 0.0522. The summed E-state index contributed by atoms with van der Waals surface area (Å²) >= 11 is 0. The molecule has 1 saturated heterocycles. The van der Waals surface area contributed by atoms with E-state index in [1.165, 1.54) is 12.5 Å². The Balaban J connectivity index is 0.000000647. The molecule has 1 aliphatic rings. The van der Waals surface area contributed by atoms with Crippen molar-refractivity contribution in [2.24, 2.45) is 5.92 Å². The van der Waals surface area contributed by atoms with Crippen LogP contribution in [0.25, 0.3) is 0 Å².